The Labute approximate surface area is 241 Å². The van der Waals surface area contributed by atoms with Crippen molar-refractivity contribution >= 4 is 46.7 Å². The van der Waals surface area contributed by atoms with Gasteiger partial charge in [0.1, 0.15) is 0 Å². The van der Waals surface area contributed by atoms with Crippen LogP contribution in [0.5, 0.6) is 0 Å². The fourth-order valence-corrected chi connectivity index (χ4v) is 9.78. The van der Waals surface area contributed by atoms with E-state index in [-0.39, 0.29) is 36.1 Å². The number of halogens is 1. The number of aromatic nitrogens is 2. The third-order valence-corrected chi connectivity index (χ3v) is 11.5. The number of fused-ring (bicyclic) bond motifs is 3. The van der Waals surface area contributed by atoms with Crippen molar-refractivity contribution in [1.82, 2.24) is 9.78 Å². The van der Waals surface area contributed by atoms with E-state index in [1.54, 1.807) is 11.0 Å². The zero-order chi connectivity index (χ0) is 28.4. The number of carbonyl (C=O) groups is 1. The molecule has 0 aliphatic carbocycles. The maximum Gasteiger partial charge on any atom is 0.279 e. The van der Waals surface area contributed by atoms with Crippen LogP contribution in [0, 0.1) is 5.92 Å². The second-order valence-corrected chi connectivity index (χ2v) is 16.3. The van der Waals surface area contributed by atoms with Crippen LogP contribution >= 0.6 is 15.9 Å². The molecule has 3 N–H and O–H groups in total. The van der Waals surface area contributed by atoms with Gasteiger partial charge in [-0.3, -0.25) is 14.7 Å². The predicted octanol–water partition coefficient (Wildman–Crippen LogP) is 4.81. The Bertz CT molecular complexity index is 1680. The highest BCUT2D eigenvalue weighted by Crippen LogP contribution is 2.60. The molecule has 6 rings (SSSR count). The minimum atomic E-state index is -2.76. The van der Waals surface area contributed by atoms with Crippen LogP contribution in [-0.2, 0) is 21.7 Å². The minimum Gasteiger partial charge on any atom is -0.432 e. The molecule has 3 aromatic carbocycles. The summed E-state index contributed by atoms with van der Waals surface area (Å²) in [5.74, 6) is -0.470. The Balaban J connectivity index is 1.41. The number of aliphatic hydroxyl groups excluding tert-OH is 1. The maximum absolute atomic E-state index is 14.5. The van der Waals surface area contributed by atoms with Gasteiger partial charge in [-0.25, -0.2) is 4.68 Å². The SMILES string of the molecule is C[C@H]1[C@H]([Si](C)(C)O)[C@@H](CCO)O[C@]12C(=O)N(Cc1cccc(-n3[nH]c4ccccc4c3=O)c1)c1ccc(Br)cc12. The molecule has 1 aromatic heterocycles. The second kappa shape index (κ2) is 9.81. The van der Waals surface area contributed by atoms with Gasteiger partial charge in [-0.1, -0.05) is 47.1 Å². The lowest BCUT2D eigenvalue weighted by atomic mass is 9.82. The van der Waals surface area contributed by atoms with Crippen molar-refractivity contribution in [3.05, 3.63) is 92.7 Å². The van der Waals surface area contributed by atoms with Crippen molar-refractivity contribution in [3.8, 4) is 5.69 Å². The number of benzene rings is 3. The van der Waals surface area contributed by atoms with Gasteiger partial charge < -0.3 is 19.5 Å². The first-order valence-electron chi connectivity index (χ1n) is 13.5. The molecule has 208 valence electrons. The van der Waals surface area contributed by atoms with E-state index >= 15 is 0 Å². The number of nitrogens with zero attached hydrogens (tertiary/aromatic N) is 2. The van der Waals surface area contributed by atoms with Crippen molar-refractivity contribution < 1.29 is 19.4 Å². The van der Waals surface area contributed by atoms with E-state index in [9.17, 15) is 19.5 Å². The number of ether oxygens (including phenoxy) is 1. The smallest absolute Gasteiger partial charge is 0.279 e. The molecular formula is C30H32BrN3O5Si. The fraction of sp³-hybridized carbons (Fsp3) is 0.333. The molecule has 1 spiro atoms. The summed E-state index contributed by atoms with van der Waals surface area (Å²) in [5, 5.41) is 13.6. The summed E-state index contributed by atoms with van der Waals surface area (Å²) in [6, 6.07) is 20.7. The maximum atomic E-state index is 14.5. The lowest BCUT2D eigenvalue weighted by Crippen LogP contribution is -2.46. The minimum absolute atomic E-state index is 0.0857. The number of anilines is 1. The summed E-state index contributed by atoms with van der Waals surface area (Å²) in [5.41, 5.74) is 2.19. The molecule has 1 fully saturated rings. The first-order valence-corrected chi connectivity index (χ1v) is 17.3. The average Bonchev–Trinajstić information content (AvgIpc) is 3.49. The van der Waals surface area contributed by atoms with Gasteiger partial charge in [-0.05, 0) is 67.5 Å². The summed E-state index contributed by atoms with van der Waals surface area (Å²) < 4.78 is 9.01. The summed E-state index contributed by atoms with van der Waals surface area (Å²) >= 11 is 3.58. The molecule has 2 aliphatic rings. The number of para-hydroxylation sites is 1. The summed E-state index contributed by atoms with van der Waals surface area (Å²) in [6.45, 7) is 5.93. The van der Waals surface area contributed by atoms with Gasteiger partial charge in [0.15, 0.2) is 13.9 Å². The monoisotopic (exact) mass is 621 g/mol. The first kappa shape index (κ1) is 27.2. The molecule has 0 saturated carbocycles. The number of amides is 1. The Morgan fingerprint density at radius 3 is 2.58 bits per heavy atom. The Morgan fingerprint density at radius 1 is 1.07 bits per heavy atom. The van der Waals surface area contributed by atoms with Gasteiger partial charge in [0.05, 0.1) is 34.9 Å². The quantitative estimate of drug-likeness (QED) is 0.268. The zero-order valence-corrected chi connectivity index (χ0v) is 25.2. The van der Waals surface area contributed by atoms with E-state index in [1.165, 1.54) is 4.68 Å². The van der Waals surface area contributed by atoms with Crippen LogP contribution in [0.4, 0.5) is 5.69 Å². The van der Waals surface area contributed by atoms with Crippen LogP contribution < -0.4 is 10.5 Å². The van der Waals surface area contributed by atoms with Crippen LogP contribution in [0.25, 0.3) is 16.6 Å². The van der Waals surface area contributed by atoms with E-state index in [0.717, 1.165) is 26.8 Å². The van der Waals surface area contributed by atoms with Gasteiger partial charge in [0, 0.05) is 28.1 Å². The van der Waals surface area contributed by atoms with Gasteiger partial charge in [0.2, 0.25) is 0 Å². The van der Waals surface area contributed by atoms with Gasteiger partial charge >= 0.3 is 0 Å². The number of aliphatic hydroxyl groups is 1. The predicted molar refractivity (Wildman–Crippen MR) is 160 cm³/mol. The Kier molecular flexibility index (Phi) is 6.66. The standard InChI is InChI=1S/C30H32BrN3O5Si/c1-18-27(40(2,3)38)26(13-14-35)39-30(18)23-16-20(31)11-12-25(23)33(29(30)37)17-19-7-6-8-21(15-19)34-28(36)22-9-4-5-10-24(22)32-34/h4-12,15-16,18,26-27,32,35,38H,13-14,17H2,1-3H3/t18-,26+,27-,30+/m0/s1. The molecule has 1 saturated heterocycles. The second-order valence-electron chi connectivity index (χ2n) is 11.4. The van der Waals surface area contributed by atoms with Crippen molar-refractivity contribution in [1.29, 1.82) is 0 Å². The molecule has 0 unspecified atom stereocenters. The number of nitrogens with one attached hydrogen (secondary N) is 1. The lowest BCUT2D eigenvalue weighted by molar-refractivity contribution is -0.146. The van der Waals surface area contributed by atoms with Crippen LogP contribution in [0.2, 0.25) is 18.6 Å². The third-order valence-electron chi connectivity index (χ3n) is 8.46. The molecule has 4 atom stereocenters. The van der Waals surface area contributed by atoms with E-state index in [0.29, 0.717) is 17.5 Å². The van der Waals surface area contributed by atoms with E-state index in [4.69, 9.17) is 4.74 Å². The van der Waals surface area contributed by atoms with Crippen molar-refractivity contribution in [3.63, 3.8) is 0 Å². The average molecular weight is 623 g/mol. The number of H-pyrrole nitrogens is 1. The van der Waals surface area contributed by atoms with Crippen molar-refractivity contribution in [2.45, 2.75) is 50.2 Å². The van der Waals surface area contributed by atoms with Crippen LogP contribution in [0.15, 0.2) is 76.0 Å². The topological polar surface area (TPSA) is 108 Å². The molecule has 0 bridgehead atoms. The van der Waals surface area contributed by atoms with Gasteiger partial charge in [0.25, 0.3) is 11.5 Å². The normalized spacial score (nSPS) is 24.4. The Morgan fingerprint density at radius 2 is 1.85 bits per heavy atom. The summed E-state index contributed by atoms with van der Waals surface area (Å²) in [7, 11) is -2.76. The number of hydrogen-bond donors (Lipinski definition) is 3. The molecule has 8 nitrogen and oxygen atoms in total. The van der Waals surface area contributed by atoms with Crippen molar-refractivity contribution in [2.75, 3.05) is 11.5 Å². The lowest BCUT2D eigenvalue weighted by Gasteiger charge is -2.32. The van der Waals surface area contributed by atoms with Crippen molar-refractivity contribution in [2.24, 2.45) is 5.92 Å². The van der Waals surface area contributed by atoms with Gasteiger partial charge in [-0.2, -0.15) is 0 Å². The molecular weight excluding hydrogens is 590 g/mol. The molecule has 1 amide bonds. The number of carbonyl (C=O) groups excluding carboxylic acids is 1. The zero-order valence-electron chi connectivity index (χ0n) is 22.6. The molecule has 40 heavy (non-hydrogen) atoms. The molecule has 0 radical (unpaired) electrons. The van der Waals surface area contributed by atoms with E-state index < -0.39 is 20.0 Å². The van der Waals surface area contributed by atoms with Crippen LogP contribution in [0.1, 0.15) is 24.5 Å². The van der Waals surface area contributed by atoms with E-state index in [1.807, 2.05) is 80.7 Å². The molecule has 10 heteroatoms. The Hall–Kier alpha value is -3.02. The first-order chi connectivity index (χ1) is 19.1. The number of rotatable bonds is 6. The van der Waals surface area contributed by atoms with E-state index in [2.05, 4.69) is 21.0 Å². The third kappa shape index (κ3) is 4.12. The highest BCUT2D eigenvalue weighted by Gasteiger charge is 2.66. The summed E-state index contributed by atoms with van der Waals surface area (Å²) in [4.78, 5) is 40.5. The fourth-order valence-electron chi connectivity index (χ4n) is 6.82. The highest BCUT2D eigenvalue weighted by atomic mass is 79.9. The molecule has 4 aromatic rings. The number of aromatic amines is 1. The van der Waals surface area contributed by atoms with Crippen LogP contribution in [0.3, 0.4) is 0 Å². The summed E-state index contributed by atoms with van der Waals surface area (Å²) in [6.07, 6.45) is -0.0781. The largest absolute Gasteiger partial charge is 0.432 e. The van der Waals surface area contributed by atoms with Crippen LogP contribution in [-0.4, -0.2) is 46.6 Å². The number of hydrogen-bond acceptors (Lipinski definition) is 5. The molecule has 2 aliphatic heterocycles. The highest BCUT2D eigenvalue weighted by molar-refractivity contribution is 9.10. The molecule has 3 heterocycles. The van der Waals surface area contributed by atoms with Gasteiger partial charge in [-0.15, -0.1) is 0 Å².